The number of nitrogens with one attached hydrogen (secondary N) is 2. The van der Waals surface area contributed by atoms with Crippen LogP contribution in [0.5, 0.6) is 0 Å². The third kappa shape index (κ3) is 0.976. The molecular weight excluding hydrogens is 157 g/mol. The quantitative estimate of drug-likeness (QED) is 0.632. The maximum Gasteiger partial charge on any atom is 0.153 e. The Hall–Kier alpha value is -1.08. The summed E-state index contributed by atoms with van der Waals surface area (Å²) in [5.41, 5.74) is 1.04. The van der Waals surface area contributed by atoms with Gasteiger partial charge in [0.15, 0.2) is 5.82 Å². The number of rotatable bonds is 1. The molecule has 2 heterocycles. The van der Waals surface area contributed by atoms with Gasteiger partial charge in [-0.15, -0.1) is 0 Å². The average Bonchev–Trinajstić information content (AvgIpc) is 2.50. The van der Waals surface area contributed by atoms with Crippen molar-refractivity contribution in [1.82, 2.24) is 9.97 Å². The number of aromatic amines is 1. The van der Waals surface area contributed by atoms with Gasteiger partial charge in [0.1, 0.15) is 0 Å². The van der Waals surface area contributed by atoms with Gasteiger partial charge < -0.3 is 10.1 Å². The van der Waals surface area contributed by atoms with E-state index < -0.39 is 0 Å². The maximum absolute atomic E-state index is 4.13. The molecule has 0 radical (unpaired) electrons. The molecule has 0 aromatic carbocycles. The molecule has 0 aliphatic heterocycles. The minimum atomic E-state index is 0.859. The van der Waals surface area contributed by atoms with E-state index in [0.29, 0.717) is 0 Å². The highest BCUT2D eigenvalue weighted by atomic mass is 31.0. The van der Waals surface area contributed by atoms with E-state index in [1.54, 1.807) is 6.20 Å². The van der Waals surface area contributed by atoms with Gasteiger partial charge in [-0.05, 0) is 21.5 Å². The summed E-state index contributed by atoms with van der Waals surface area (Å²) < 4.78 is 0. The molecule has 0 aliphatic rings. The second-order valence-corrected chi connectivity index (χ2v) is 2.53. The first kappa shape index (κ1) is 6.62. The van der Waals surface area contributed by atoms with E-state index in [0.717, 1.165) is 11.3 Å². The Morgan fingerprint density at radius 1 is 1.45 bits per heavy atom. The Morgan fingerprint density at radius 3 is 3.18 bits per heavy atom. The van der Waals surface area contributed by atoms with Crippen LogP contribution in [0.2, 0.25) is 0 Å². The normalized spacial score (nSPS) is 10.3. The molecule has 4 heteroatoms. The third-order valence-electron chi connectivity index (χ3n) is 1.61. The molecule has 0 aliphatic carbocycles. The highest BCUT2D eigenvalue weighted by Gasteiger charge is 1.98. The molecule has 0 spiro atoms. The van der Waals surface area contributed by atoms with Crippen molar-refractivity contribution in [2.75, 3.05) is 5.09 Å². The summed E-state index contributed by atoms with van der Waals surface area (Å²) >= 11 is 0. The van der Waals surface area contributed by atoms with Crippen LogP contribution in [0.3, 0.4) is 0 Å². The van der Waals surface area contributed by atoms with Crippen LogP contribution in [0, 0.1) is 0 Å². The lowest BCUT2D eigenvalue weighted by atomic mass is 10.3. The molecule has 2 aromatic heterocycles. The van der Waals surface area contributed by atoms with Gasteiger partial charge in [0, 0.05) is 17.8 Å². The number of H-pyrrole nitrogens is 1. The van der Waals surface area contributed by atoms with Crippen molar-refractivity contribution >= 4 is 26.1 Å². The molecule has 1 atom stereocenters. The van der Waals surface area contributed by atoms with Crippen molar-refractivity contribution in [2.24, 2.45) is 0 Å². The number of anilines is 1. The van der Waals surface area contributed by atoms with E-state index in [9.17, 15) is 0 Å². The largest absolute Gasteiger partial charge is 0.358 e. The van der Waals surface area contributed by atoms with Crippen molar-refractivity contribution in [3.8, 4) is 0 Å². The van der Waals surface area contributed by atoms with Crippen LogP contribution in [-0.2, 0) is 0 Å². The number of hydrogen-bond acceptors (Lipinski definition) is 2. The molecule has 1 unspecified atom stereocenters. The number of hydrogen-bond donors (Lipinski definition) is 2. The second kappa shape index (κ2) is 2.51. The fraction of sp³-hybridized carbons (Fsp3) is 0. The topological polar surface area (TPSA) is 40.7 Å². The van der Waals surface area contributed by atoms with Gasteiger partial charge in [0.05, 0.1) is 5.52 Å². The van der Waals surface area contributed by atoms with E-state index in [4.69, 9.17) is 0 Å². The lowest BCUT2D eigenvalue weighted by Gasteiger charge is -1.98. The summed E-state index contributed by atoms with van der Waals surface area (Å²) in [4.78, 5) is 7.24. The zero-order chi connectivity index (χ0) is 7.68. The average molecular weight is 165 g/mol. The fourth-order valence-corrected chi connectivity index (χ4v) is 1.31. The first-order valence-electron chi connectivity index (χ1n) is 3.30. The first-order chi connectivity index (χ1) is 5.42. The van der Waals surface area contributed by atoms with Gasteiger partial charge in [0.2, 0.25) is 0 Å². The van der Waals surface area contributed by atoms with E-state index in [-0.39, 0.29) is 0 Å². The predicted octanol–water partition coefficient (Wildman–Crippen LogP) is 1.76. The SMILES string of the molecule is PNc1nccc2cc[nH]c12. The summed E-state index contributed by atoms with van der Waals surface area (Å²) in [6, 6.07) is 3.99. The molecule has 0 saturated carbocycles. The first-order valence-corrected chi connectivity index (χ1v) is 3.88. The van der Waals surface area contributed by atoms with Gasteiger partial charge >= 0.3 is 0 Å². The molecule has 3 nitrogen and oxygen atoms in total. The van der Waals surface area contributed by atoms with Gasteiger partial charge in [-0.1, -0.05) is 0 Å². The van der Waals surface area contributed by atoms with Gasteiger partial charge in [-0.25, -0.2) is 4.98 Å². The van der Waals surface area contributed by atoms with Crippen LogP contribution in [0.15, 0.2) is 24.5 Å². The number of aromatic nitrogens is 2. The number of fused-ring (bicyclic) bond motifs is 1. The van der Waals surface area contributed by atoms with Crippen molar-refractivity contribution in [1.29, 1.82) is 0 Å². The molecule has 2 aromatic rings. The van der Waals surface area contributed by atoms with E-state index in [1.807, 2.05) is 18.3 Å². The molecule has 11 heavy (non-hydrogen) atoms. The Balaban J connectivity index is 2.79. The molecule has 2 rings (SSSR count). The highest BCUT2D eigenvalue weighted by molar-refractivity contribution is 7.18. The number of nitrogens with zero attached hydrogens (tertiary/aromatic N) is 1. The molecule has 0 saturated heterocycles. The van der Waals surface area contributed by atoms with Crippen LogP contribution in [0.1, 0.15) is 0 Å². The lowest BCUT2D eigenvalue weighted by Crippen LogP contribution is -1.85. The molecular formula is C7H8N3P. The van der Waals surface area contributed by atoms with Crippen molar-refractivity contribution in [3.05, 3.63) is 24.5 Å². The Bertz CT molecular complexity index is 368. The van der Waals surface area contributed by atoms with Crippen LogP contribution < -0.4 is 5.09 Å². The summed E-state index contributed by atoms with van der Waals surface area (Å²) in [5.74, 6) is 0.859. The lowest BCUT2D eigenvalue weighted by molar-refractivity contribution is 1.34. The van der Waals surface area contributed by atoms with Crippen molar-refractivity contribution in [2.45, 2.75) is 0 Å². The molecule has 56 valence electrons. The van der Waals surface area contributed by atoms with E-state index in [1.165, 1.54) is 5.39 Å². The molecule has 2 N–H and O–H groups in total. The predicted molar refractivity (Wildman–Crippen MR) is 49.4 cm³/mol. The van der Waals surface area contributed by atoms with Gasteiger partial charge in [0.25, 0.3) is 0 Å². The van der Waals surface area contributed by atoms with Gasteiger partial charge in [-0.3, -0.25) is 0 Å². The van der Waals surface area contributed by atoms with Crippen LogP contribution >= 0.6 is 9.39 Å². The number of pyridine rings is 1. The van der Waals surface area contributed by atoms with Crippen molar-refractivity contribution < 1.29 is 0 Å². The summed E-state index contributed by atoms with van der Waals surface area (Å²) in [7, 11) is 2.43. The summed E-state index contributed by atoms with van der Waals surface area (Å²) in [6.07, 6.45) is 3.68. The molecule has 0 amide bonds. The Kier molecular flexibility index (Phi) is 1.51. The summed E-state index contributed by atoms with van der Waals surface area (Å²) in [5, 5.41) is 4.10. The van der Waals surface area contributed by atoms with Crippen molar-refractivity contribution in [3.63, 3.8) is 0 Å². The van der Waals surface area contributed by atoms with E-state index in [2.05, 4.69) is 24.4 Å². The zero-order valence-corrected chi connectivity index (χ0v) is 6.99. The highest BCUT2D eigenvalue weighted by Crippen LogP contribution is 2.19. The monoisotopic (exact) mass is 165 g/mol. The van der Waals surface area contributed by atoms with Crippen LogP contribution in [-0.4, -0.2) is 9.97 Å². The van der Waals surface area contributed by atoms with Gasteiger partial charge in [-0.2, -0.15) is 0 Å². The summed E-state index contributed by atoms with van der Waals surface area (Å²) in [6.45, 7) is 0. The van der Waals surface area contributed by atoms with Crippen LogP contribution in [0.4, 0.5) is 5.82 Å². The zero-order valence-electron chi connectivity index (χ0n) is 5.83. The minimum absolute atomic E-state index is 0.859. The minimum Gasteiger partial charge on any atom is -0.358 e. The molecule has 0 fully saturated rings. The standard InChI is InChI=1S/C7H8N3P/c11-10-7-6-5(1-3-8-6)2-4-9-7/h1-4,8H,11H2,(H,9,10). The Labute approximate surface area is 66.5 Å². The fourth-order valence-electron chi connectivity index (χ4n) is 1.09. The van der Waals surface area contributed by atoms with E-state index >= 15 is 0 Å². The third-order valence-corrected chi connectivity index (χ3v) is 1.88. The van der Waals surface area contributed by atoms with Crippen LogP contribution in [0.25, 0.3) is 10.9 Å². The second-order valence-electron chi connectivity index (χ2n) is 2.25. The maximum atomic E-state index is 4.13. The smallest absolute Gasteiger partial charge is 0.153 e. The molecule has 0 bridgehead atoms. The Morgan fingerprint density at radius 2 is 2.36 bits per heavy atom.